The Morgan fingerprint density at radius 1 is 1.26 bits per heavy atom. The third-order valence-corrected chi connectivity index (χ3v) is 1.86. The van der Waals surface area contributed by atoms with E-state index in [1.54, 1.807) is 14.0 Å². The lowest BCUT2D eigenvalue weighted by atomic mass is 10.2. The van der Waals surface area contributed by atoms with Gasteiger partial charge in [-0.1, -0.05) is 0 Å². The van der Waals surface area contributed by atoms with Crippen LogP contribution in [-0.4, -0.2) is 49.2 Å². The van der Waals surface area contributed by atoms with Gasteiger partial charge in [-0.05, 0) is 25.0 Å². The molecule has 1 N–H and O–H groups in total. The summed E-state index contributed by atoms with van der Waals surface area (Å²) in [4.78, 5) is 25.5. The Kier molecular flexibility index (Phi) is 9.86. The first kappa shape index (κ1) is 16.9. The molecule has 9 heteroatoms. The van der Waals surface area contributed by atoms with Crippen molar-refractivity contribution in [2.24, 2.45) is 10.5 Å². The van der Waals surface area contributed by atoms with Gasteiger partial charge in [0.05, 0.1) is 6.61 Å². The van der Waals surface area contributed by atoms with E-state index in [1.165, 1.54) is 5.01 Å². The third-order valence-electron chi connectivity index (χ3n) is 1.86. The molecular weight excluding hydrogens is 258 g/mol. The van der Waals surface area contributed by atoms with Crippen LogP contribution >= 0.6 is 0 Å². The minimum atomic E-state index is -0.834. The van der Waals surface area contributed by atoms with Crippen LogP contribution in [0.3, 0.4) is 0 Å². The number of rotatable bonds is 10. The van der Waals surface area contributed by atoms with Gasteiger partial charge < -0.3 is 19.4 Å². The molecule has 0 atom stereocenters. The van der Waals surface area contributed by atoms with E-state index in [-0.39, 0.29) is 19.8 Å². The van der Waals surface area contributed by atoms with Crippen molar-refractivity contribution in [3.63, 3.8) is 0 Å². The molecule has 0 saturated carbocycles. The molecule has 0 saturated heterocycles. The lowest BCUT2D eigenvalue weighted by Gasteiger charge is -2.09. The standard InChI is InChI=1S/C10H19N3O6/c1-3-17-10(16)18-8-19-12-11-13(2)7-5-4-6-9(14)15/h3-8H2,1-2H3,(H,14,15). The average Bonchev–Trinajstić information content (AvgIpc) is 2.34. The van der Waals surface area contributed by atoms with Gasteiger partial charge in [0.15, 0.2) is 0 Å². The summed E-state index contributed by atoms with van der Waals surface area (Å²) in [5, 5.41) is 16.9. The Balaban J connectivity index is 3.48. The number of ether oxygens (including phenoxy) is 2. The fourth-order valence-electron chi connectivity index (χ4n) is 1.01. The van der Waals surface area contributed by atoms with Crippen LogP contribution in [-0.2, 0) is 19.1 Å². The van der Waals surface area contributed by atoms with Gasteiger partial charge in [0.25, 0.3) is 6.79 Å². The van der Waals surface area contributed by atoms with Gasteiger partial charge in [-0.2, -0.15) is 0 Å². The lowest BCUT2D eigenvalue weighted by molar-refractivity contribution is -0.137. The van der Waals surface area contributed by atoms with Gasteiger partial charge >= 0.3 is 12.1 Å². The van der Waals surface area contributed by atoms with Gasteiger partial charge in [-0.15, -0.1) is 0 Å². The van der Waals surface area contributed by atoms with Crippen molar-refractivity contribution in [1.29, 1.82) is 0 Å². The maximum atomic E-state index is 10.7. The highest BCUT2D eigenvalue weighted by Crippen LogP contribution is 1.98. The first-order valence-electron chi connectivity index (χ1n) is 5.81. The van der Waals surface area contributed by atoms with E-state index in [1.807, 2.05) is 0 Å². The number of nitrogens with zero attached hydrogens (tertiary/aromatic N) is 3. The van der Waals surface area contributed by atoms with Crippen molar-refractivity contribution in [2.45, 2.75) is 26.2 Å². The summed E-state index contributed by atoms with van der Waals surface area (Å²) >= 11 is 0. The minimum Gasteiger partial charge on any atom is -0.481 e. The maximum absolute atomic E-state index is 10.7. The molecule has 0 bridgehead atoms. The van der Waals surface area contributed by atoms with Gasteiger partial charge in [0.2, 0.25) is 0 Å². The van der Waals surface area contributed by atoms with Crippen LogP contribution in [0.5, 0.6) is 0 Å². The highest BCUT2D eigenvalue weighted by Gasteiger charge is 2.01. The van der Waals surface area contributed by atoms with Gasteiger partial charge in [-0.3, -0.25) is 9.80 Å². The Hall–Kier alpha value is -2.06. The third kappa shape index (κ3) is 12.2. The zero-order valence-corrected chi connectivity index (χ0v) is 11.1. The summed E-state index contributed by atoms with van der Waals surface area (Å²) in [5.74, 6) is -0.816. The highest BCUT2D eigenvalue weighted by molar-refractivity contribution is 5.66. The Morgan fingerprint density at radius 2 is 2.00 bits per heavy atom. The molecule has 0 amide bonds. The van der Waals surface area contributed by atoms with Crippen LogP contribution in [0.4, 0.5) is 4.79 Å². The number of hydrogen-bond acceptors (Lipinski definition) is 7. The predicted molar refractivity (Wildman–Crippen MR) is 63.0 cm³/mol. The predicted octanol–water partition coefficient (Wildman–Crippen LogP) is 1.60. The lowest BCUT2D eigenvalue weighted by Crippen LogP contribution is -2.13. The molecule has 0 aromatic carbocycles. The summed E-state index contributed by atoms with van der Waals surface area (Å²) in [7, 11) is 1.67. The van der Waals surface area contributed by atoms with Crippen LogP contribution in [0.2, 0.25) is 0 Å². The molecule has 0 heterocycles. The van der Waals surface area contributed by atoms with E-state index < -0.39 is 12.1 Å². The average molecular weight is 277 g/mol. The van der Waals surface area contributed by atoms with E-state index in [0.29, 0.717) is 19.4 Å². The topological polar surface area (TPSA) is 110 Å². The van der Waals surface area contributed by atoms with Crippen molar-refractivity contribution in [3.8, 4) is 0 Å². The molecule has 0 rings (SSSR count). The number of aliphatic carboxylic acids is 1. The van der Waals surface area contributed by atoms with Gasteiger partial charge in [0, 0.05) is 25.3 Å². The molecule has 0 aliphatic heterocycles. The molecule has 0 aliphatic rings. The van der Waals surface area contributed by atoms with Crippen LogP contribution in [0.15, 0.2) is 10.5 Å². The fourth-order valence-corrected chi connectivity index (χ4v) is 1.01. The molecule has 0 radical (unpaired) electrons. The number of hydrogen-bond donors (Lipinski definition) is 1. The van der Waals surface area contributed by atoms with Crippen molar-refractivity contribution < 1.29 is 29.0 Å². The second-order valence-electron chi connectivity index (χ2n) is 3.48. The second kappa shape index (κ2) is 11.1. The SMILES string of the molecule is CCOC(=O)OCON=NN(C)CCCCC(=O)O. The van der Waals surface area contributed by atoms with Crippen LogP contribution in [0, 0.1) is 0 Å². The van der Waals surface area contributed by atoms with E-state index >= 15 is 0 Å². The van der Waals surface area contributed by atoms with Crippen molar-refractivity contribution >= 4 is 12.1 Å². The normalized spacial score (nSPS) is 10.2. The molecule has 19 heavy (non-hydrogen) atoms. The monoisotopic (exact) mass is 277 g/mol. The number of carboxylic acids is 1. The summed E-state index contributed by atoms with van der Waals surface area (Å²) in [6, 6.07) is 0. The van der Waals surface area contributed by atoms with Crippen molar-refractivity contribution in [1.82, 2.24) is 5.01 Å². The van der Waals surface area contributed by atoms with Crippen LogP contribution < -0.4 is 0 Å². The summed E-state index contributed by atoms with van der Waals surface area (Å²) in [6.07, 6.45) is 0.553. The summed E-state index contributed by atoms with van der Waals surface area (Å²) in [5.41, 5.74) is 0. The zero-order chi connectivity index (χ0) is 14.5. The van der Waals surface area contributed by atoms with E-state index in [9.17, 15) is 9.59 Å². The van der Waals surface area contributed by atoms with Gasteiger partial charge in [-0.25, -0.2) is 4.79 Å². The molecule has 0 aromatic rings. The minimum absolute atomic E-state index is 0.134. The molecule has 110 valence electrons. The maximum Gasteiger partial charge on any atom is 0.511 e. The number of unbranched alkanes of at least 4 members (excludes halogenated alkanes) is 1. The Morgan fingerprint density at radius 3 is 2.63 bits per heavy atom. The largest absolute Gasteiger partial charge is 0.511 e. The molecule has 0 aromatic heterocycles. The van der Waals surface area contributed by atoms with Crippen LogP contribution in [0.25, 0.3) is 0 Å². The molecule has 0 aliphatic carbocycles. The zero-order valence-electron chi connectivity index (χ0n) is 11.1. The molecule has 9 nitrogen and oxygen atoms in total. The molecular formula is C10H19N3O6. The summed E-state index contributed by atoms with van der Waals surface area (Å²) < 4.78 is 8.95. The smallest absolute Gasteiger partial charge is 0.481 e. The van der Waals surface area contributed by atoms with Crippen LogP contribution in [0.1, 0.15) is 26.2 Å². The molecule has 0 fully saturated rings. The second-order valence-corrected chi connectivity index (χ2v) is 3.48. The van der Waals surface area contributed by atoms with E-state index in [4.69, 9.17) is 5.11 Å². The highest BCUT2D eigenvalue weighted by atomic mass is 16.8. The van der Waals surface area contributed by atoms with E-state index in [2.05, 4.69) is 24.8 Å². The number of carbonyl (C=O) groups excluding carboxylic acids is 1. The van der Waals surface area contributed by atoms with Gasteiger partial charge in [0.1, 0.15) is 0 Å². The number of carbonyl (C=O) groups is 2. The van der Waals surface area contributed by atoms with Crippen molar-refractivity contribution in [2.75, 3.05) is 27.0 Å². The molecule has 0 unspecified atom stereocenters. The first-order chi connectivity index (χ1) is 9.06. The quantitative estimate of drug-likeness (QED) is 0.212. The van der Waals surface area contributed by atoms with E-state index in [0.717, 1.165) is 0 Å². The first-order valence-corrected chi connectivity index (χ1v) is 5.81. The molecule has 0 spiro atoms. The van der Waals surface area contributed by atoms with Crippen molar-refractivity contribution in [3.05, 3.63) is 0 Å². The fraction of sp³-hybridized carbons (Fsp3) is 0.800. The number of carboxylic acid groups (broad SMARTS) is 1. The Bertz CT molecular complexity index is 297. The Labute approximate surface area is 111 Å². The summed E-state index contributed by atoms with van der Waals surface area (Å²) in [6.45, 7) is 2.05.